The second kappa shape index (κ2) is 7.43. The van der Waals surface area contributed by atoms with Crippen LogP contribution in [0.15, 0.2) is 0 Å². The molecular formula is C9H18N2OS2. The van der Waals surface area contributed by atoms with Crippen LogP contribution in [0.3, 0.4) is 0 Å². The van der Waals surface area contributed by atoms with Crippen LogP contribution in [0.5, 0.6) is 0 Å². The van der Waals surface area contributed by atoms with Crippen molar-refractivity contribution in [2.45, 2.75) is 18.1 Å². The maximum Gasteiger partial charge on any atom is 0.220 e. The van der Waals surface area contributed by atoms with E-state index in [0.29, 0.717) is 18.2 Å². The molecule has 0 bridgehead atoms. The van der Waals surface area contributed by atoms with Crippen molar-refractivity contribution in [2.24, 2.45) is 5.73 Å². The van der Waals surface area contributed by atoms with Crippen LogP contribution in [-0.4, -0.2) is 41.5 Å². The number of hydrogen-bond acceptors (Lipinski definition) is 4. The van der Waals surface area contributed by atoms with Gasteiger partial charge in [0.05, 0.1) is 0 Å². The summed E-state index contributed by atoms with van der Waals surface area (Å²) in [7, 11) is 0. The van der Waals surface area contributed by atoms with Gasteiger partial charge in [-0.2, -0.15) is 23.5 Å². The van der Waals surface area contributed by atoms with Gasteiger partial charge in [-0.15, -0.1) is 0 Å². The molecule has 1 saturated heterocycles. The summed E-state index contributed by atoms with van der Waals surface area (Å²) >= 11 is 3.95. The Morgan fingerprint density at radius 2 is 2.36 bits per heavy atom. The van der Waals surface area contributed by atoms with Crippen LogP contribution in [0.2, 0.25) is 0 Å². The molecule has 0 aromatic carbocycles. The summed E-state index contributed by atoms with van der Waals surface area (Å²) in [6.07, 6.45) is 1.36. The van der Waals surface area contributed by atoms with E-state index in [2.05, 4.69) is 5.32 Å². The predicted octanol–water partition coefficient (Wildman–Crippen LogP) is 0.690. The normalized spacial score (nSPS) is 21.9. The van der Waals surface area contributed by atoms with Gasteiger partial charge < -0.3 is 11.1 Å². The predicted molar refractivity (Wildman–Crippen MR) is 64.9 cm³/mol. The van der Waals surface area contributed by atoms with Crippen LogP contribution < -0.4 is 11.1 Å². The zero-order chi connectivity index (χ0) is 10.2. The lowest BCUT2D eigenvalue weighted by atomic mass is 10.3. The maximum atomic E-state index is 11.3. The molecule has 3 N–H and O–H groups in total. The van der Waals surface area contributed by atoms with Gasteiger partial charge in [0.25, 0.3) is 0 Å². The molecule has 0 aromatic heterocycles. The van der Waals surface area contributed by atoms with Crippen molar-refractivity contribution in [1.29, 1.82) is 0 Å². The van der Waals surface area contributed by atoms with Crippen molar-refractivity contribution >= 4 is 29.4 Å². The van der Waals surface area contributed by atoms with E-state index in [1.54, 1.807) is 0 Å². The Hall–Kier alpha value is 0.130. The second-order valence-corrected chi connectivity index (χ2v) is 5.82. The van der Waals surface area contributed by atoms with Gasteiger partial charge in [-0.25, -0.2) is 0 Å². The Morgan fingerprint density at radius 1 is 1.50 bits per heavy atom. The highest BCUT2D eigenvalue weighted by atomic mass is 32.2. The van der Waals surface area contributed by atoms with E-state index in [-0.39, 0.29) is 5.91 Å². The molecule has 1 aliphatic rings. The first-order valence-electron chi connectivity index (χ1n) is 4.99. The van der Waals surface area contributed by atoms with Crippen LogP contribution in [0.1, 0.15) is 12.8 Å². The van der Waals surface area contributed by atoms with Gasteiger partial charge in [-0.05, 0) is 13.0 Å². The lowest BCUT2D eigenvalue weighted by Gasteiger charge is -2.21. The molecule has 1 heterocycles. The summed E-state index contributed by atoms with van der Waals surface area (Å²) in [6.45, 7) is 1.42. The summed E-state index contributed by atoms with van der Waals surface area (Å²) in [6, 6.07) is 0. The van der Waals surface area contributed by atoms with E-state index < -0.39 is 0 Å². The van der Waals surface area contributed by atoms with E-state index in [0.717, 1.165) is 13.0 Å². The van der Waals surface area contributed by atoms with Gasteiger partial charge in [0, 0.05) is 35.5 Å². The quantitative estimate of drug-likeness (QED) is 0.735. The molecule has 5 heteroatoms. The number of amides is 1. The summed E-state index contributed by atoms with van der Waals surface area (Å²) in [5.41, 5.74) is 5.33. The van der Waals surface area contributed by atoms with Crippen LogP contribution in [0, 0.1) is 0 Å². The fraction of sp³-hybridized carbons (Fsp3) is 0.889. The number of carbonyl (C=O) groups is 1. The van der Waals surface area contributed by atoms with Gasteiger partial charge in [0.15, 0.2) is 0 Å². The van der Waals surface area contributed by atoms with E-state index in [4.69, 9.17) is 5.73 Å². The first-order valence-corrected chi connectivity index (χ1v) is 7.19. The van der Waals surface area contributed by atoms with Crippen LogP contribution in [-0.2, 0) is 4.79 Å². The largest absolute Gasteiger partial charge is 0.355 e. The average molecular weight is 234 g/mol. The van der Waals surface area contributed by atoms with E-state index >= 15 is 0 Å². The van der Waals surface area contributed by atoms with E-state index in [1.807, 2.05) is 23.5 Å². The van der Waals surface area contributed by atoms with Crippen molar-refractivity contribution in [3.05, 3.63) is 0 Å². The fourth-order valence-electron chi connectivity index (χ4n) is 1.23. The van der Waals surface area contributed by atoms with Crippen LogP contribution in [0.25, 0.3) is 0 Å². The molecule has 0 aromatic rings. The Morgan fingerprint density at radius 3 is 3.00 bits per heavy atom. The van der Waals surface area contributed by atoms with Crippen molar-refractivity contribution in [3.63, 3.8) is 0 Å². The average Bonchev–Trinajstić information content (AvgIpc) is 2.25. The number of carbonyl (C=O) groups excluding carboxylic acids is 1. The molecule has 1 aliphatic heterocycles. The van der Waals surface area contributed by atoms with Gasteiger partial charge in [-0.3, -0.25) is 4.79 Å². The van der Waals surface area contributed by atoms with E-state index in [9.17, 15) is 4.79 Å². The Balaban J connectivity index is 2.03. The number of rotatable bonds is 5. The molecule has 1 atom stereocenters. The van der Waals surface area contributed by atoms with Crippen molar-refractivity contribution in [2.75, 3.05) is 30.3 Å². The number of thioether (sulfide) groups is 2. The van der Waals surface area contributed by atoms with Crippen molar-refractivity contribution in [3.8, 4) is 0 Å². The highest BCUT2D eigenvalue weighted by Crippen LogP contribution is 2.23. The Kier molecular flexibility index (Phi) is 6.47. The molecule has 82 valence electrons. The van der Waals surface area contributed by atoms with E-state index in [1.165, 1.54) is 17.3 Å². The highest BCUT2D eigenvalue weighted by molar-refractivity contribution is 8.06. The summed E-state index contributed by atoms with van der Waals surface area (Å²) < 4.78 is 0. The Labute approximate surface area is 94.0 Å². The summed E-state index contributed by atoms with van der Waals surface area (Å²) in [4.78, 5) is 11.3. The summed E-state index contributed by atoms with van der Waals surface area (Å²) in [5.74, 6) is 3.78. The topological polar surface area (TPSA) is 55.1 Å². The first kappa shape index (κ1) is 12.2. The van der Waals surface area contributed by atoms with Crippen molar-refractivity contribution < 1.29 is 4.79 Å². The molecule has 1 rings (SSSR count). The summed E-state index contributed by atoms with van der Waals surface area (Å²) in [5, 5.41) is 3.57. The van der Waals surface area contributed by atoms with Gasteiger partial charge in [-0.1, -0.05) is 0 Å². The SMILES string of the molecule is NCCCC(=O)NCC1CSCCS1. The van der Waals surface area contributed by atoms with Gasteiger partial charge >= 0.3 is 0 Å². The third kappa shape index (κ3) is 5.12. The maximum absolute atomic E-state index is 11.3. The van der Waals surface area contributed by atoms with Gasteiger partial charge in [0.1, 0.15) is 0 Å². The van der Waals surface area contributed by atoms with Gasteiger partial charge in [0.2, 0.25) is 5.91 Å². The van der Waals surface area contributed by atoms with Crippen LogP contribution >= 0.6 is 23.5 Å². The molecule has 0 radical (unpaired) electrons. The number of hydrogen-bond donors (Lipinski definition) is 2. The lowest BCUT2D eigenvalue weighted by Crippen LogP contribution is -2.33. The molecule has 1 unspecified atom stereocenters. The standard InChI is InChI=1S/C9H18N2OS2/c10-3-1-2-9(12)11-6-8-7-13-4-5-14-8/h8H,1-7,10H2,(H,11,12). The molecule has 0 aliphatic carbocycles. The second-order valence-electron chi connectivity index (χ2n) is 3.26. The molecule has 0 saturated carbocycles. The smallest absolute Gasteiger partial charge is 0.220 e. The van der Waals surface area contributed by atoms with Crippen LogP contribution in [0.4, 0.5) is 0 Å². The monoisotopic (exact) mass is 234 g/mol. The highest BCUT2D eigenvalue weighted by Gasteiger charge is 2.14. The Bertz CT molecular complexity index is 172. The molecular weight excluding hydrogens is 216 g/mol. The molecule has 1 amide bonds. The zero-order valence-electron chi connectivity index (χ0n) is 8.33. The minimum absolute atomic E-state index is 0.145. The molecule has 1 fully saturated rings. The molecule has 14 heavy (non-hydrogen) atoms. The van der Waals surface area contributed by atoms with Crippen molar-refractivity contribution in [1.82, 2.24) is 5.32 Å². The molecule has 0 spiro atoms. The first-order chi connectivity index (χ1) is 6.83. The number of nitrogens with two attached hydrogens (primary N) is 1. The third-order valence-corrected chi connectivity index (χ3v) is 4.86. The number of nitrogens with one attached hydrogen (secondary N) is 1. The third-order valence-electron chi connectivity index (χ3n) is 2.02. The zero-order valence-corrected chi connectivity index (χ0v) is 9.96. The molecule has 3 nitrogen and oxygen atoms in total. The lowest BCUT2D eigenvalue weighted by molar-refractivity contribution is -0.121. The fourth-order valence-corrected chi connectivity index (χ4v) is 3.84. The minimum atomic E-state index is 0.145. The minimum Gasteiger partial charge on any atom is -0.355 e.